The maximum absolute atomic E-state index is 12.9. The van der Waals surface area contributed by atoms with Gasteiger partial charge in [0.2, 0.25) is 0 Å². The van der Waals surface area contributed by atoms with Crippen LogP contribution in [0.2, 0.25) is 0 Å². The number of likely N-dealkylation sites (tertiary alicyclic amines) is 1. The number of carbonyl (C=O) groups is 2. The fraction of sp³-hybridized carbons (Fsp3) is 0.269. The van der Waals surface area contributed by atoms with Crippen LogP contribution in [0.4, 0.5) is 0 Å². The normalized spacial score (nSPS) is 13.8. The van der Waals surface area contributed by atoms with Crippen molar-refractivity contribution in [1.82, 2.24) is 24.5 Å². The highest BCUT2D eigenvalue weighted by atomic mass is 16.2. The van der Waals surface area contributed by atoms with Gasteiger partial charge >= 0.3 is 0 Å². The van der Waals surface area contributed by atoms with Gasteiger partial charge in [-0.05, 0) is 74.6 Å². The van der Waals surface area contributed by atoms with Gasteiger partial charge in [0.05, 0.1) is 11.2 Å². The Balaban J connectivity index is 1.23. The first-order valence-corrected chi connectivity index (χ1v) is 11.1. The first kappa shape index (κ1) is 21.0. The van der Waals surface area contributed by atoms with E-state index in [9.17, 15) is 9.59 Å². The summed E-state index contributed by atoms with van der Waals surface area (Å²) in [6, 6.07) is 11.4. The second kappa shape index (κ2) is 8.24. The van der Waals surface area contributed by atoms with Crippen molar-refractivity contribution >= 4 is 17.2 Å². The number of pyridine rings is 3. The van der Waals surface area contributed by atoms with E-state index in [1.807, 2.05) is 36.4 Å². The summed E-state index contributed by atoms with van der Waals surface area (Å²) < 4.78 is 1.64. The summed E-state index contributed by atoms with van der Waals surface area (Å²) >= 11 is 0. The predicted molar refractivity (Wildman–Crippen MR) is 125 cm³/mol. The van der Waals surface area contributed by atoms with E-state index in [1.54, 1.807) is 28.9 Å². The summed E-state index contributed by atoms with van der Waals surface area (Å²) in [4.78, 5) is 35.2. The molecule has 5 rings (SSSR count). The summed E-state index contributed by atoms with van der Waals surface area (Å²) in [7, 11) is 0. The molecule has 1 amide bonds. The summed E-state index contributed by atoms with van der Waals surface area (Å²) in [5, 5.41) is 4.38. The van der Waals surface area contributed by atoms with Crippen molar-refractivity contribution in [2.24, 2.45) is 5.92 Å². The molecule has 1 aliphatic heterocycles. The van der Waals surface area contributed by atoms with Crippen LogP contribution in [0.1, 0.15) is 44.6 Å². The minimum atomic E-state index is -0.0722. The Morgan fingerprint density at radius 3 is 2.61 bits per heavy atom. The van der Waals surface area contributed by atoms with Crippen LogP contribution in [0.5, 0.6) is 0 Å². The van der Waals surface area contributed by atoms with Crippen LogP contribution >= 0.6 is 0 Å². The quantitative estimate of drug-likeness (QED) is 0.440. The molecule has 33 heavy (non-hydrogen) atoms. The molecule has 4 aromatic rings. The van der Waals surface area contributed by atoms with E-state index >= 15 is 0 Å². The molecule has 7 nitrogen and oxygen atoms in total. The molecule has 1 aliphatic rings. The third kappa shape index (κ3) is 4.14. The molecule has 0 spiro atoms. The molecule has 1 saturated heterocycles. The number of carbonyl (C=O) groups excluding carboxylic acids is 2. The molecule has 7 heteroatoms. The largest absolute Gasteiger partial charge is 0.337 e. The van der Waals surface area contributed by atoms with Gasteiger partial charge in [-0.2, -0.15) is 5.10 Å². The van der Waals surface area contributed by atoms with E-state index in [4.69, 9.17) is 4.98 Å². The predicted octanol–water partition coefficient (Wildman–Crippen LogP) is 3.93. The Labute approximate surface area is 192 Å². The van der Waals surface area contributed by atoms with Crippen LogP contribution in [0, 0.1) is 19.8 Å². The monoisotopic (exact) mass is 439 g/mol. The lowest BCUT2D eigenvalue weighted by Gasteiger charge is -2.39. The molecule has 0 unspecified atom stereocenters. The number of hydrogen-bond donors (Lipinski definition) is 0. The van der Waals surface area contributed by atoms with Gasteiger partial charge in [0, 0.05) is 48.5 Å². The average molecular weight is 440 g/mol. The van der Waals surface area contributed by atoms with Gasteiger partial charge in [-0.3, -0.25) is 19.6 Å². The van der Waals surface area contributed by atoms with E-state index in [-0.39, 0.29) is 11.7 Å². The van der Waals surface area contributed by atoms with Crippen molar-refractivity contribution in [3.8, 4) is 11.3 Å². The Morgan fingerprint density at radius 2 is 1.88 bits per heavy atom. The van der Waals surface area contributed by atoms with E-state index in [2.05, 4.69) is 23.1 Å². The van der Waals surface area contributed by atoms with Crippen molar-refractivity contribution in [3.63, 3.8) is 0 Å². The molecular formula is C26H25N5O2. The molecule has 0 bridgehead atoms. The minimum absolute atomic E-state index is 0.00851. The van der Waals surface area contributed by atoms with Crippen molar-refractivity contribution in [2.45, 2.75) is 27.2 Å². The zero-order valence-corrected chi connectivity index (χ0v) is 18.9. The highest BCUT2D eigenvalue weighted by Crippen LogP contribution is 2.26. The molecule has 0 N–H and O–H groups in total. The lowest BCUT2D eigenvalue weighted by atomic mass is 9.91. The standard InChI is InChI=1S/C26H25N5O2/c1-16-8-19(13-28-25(16)22-4-6-27-17(2)9-22)10-20-14-30(15-20)26(33)24-12-23-11-21(18(3)32)5-7-31(23)29-24/h4-9,11-13,20H,10,14-15H2,1-3H3. The Kier molecular flexibility index (Phi) is 5.24. The highest BCUT2D eigenvalue weighted by Gasteiger charge is 2.32. The van der Waals surface area contributed by atoms with Gasteiger partial charge in [-0.15, -0.1) is 0 Å². The molecule has 0 radical (unpaired) electrons. The maximum Gasteiger partial charge on any atom is 0.274 e. The topological polar surface area (TPSA) is 80.5 Å². The van der Waals surface area contributed by atoms with Gasteiger partial charge in [-0.25, -0.2) is 4.52 Å². The van der Waals surface area contributed by atoms with Crippen molar-refractivity contribution in [3.05, 3.63) is 83.1 Å². The number of nitrogens with zero attached hydrogens (tertiary/aromatic N) is 5. The molecule has 0 aromatic carbocycles. The summed E-state index contributed by atoms with van der Waals surface area (Å²) in [6.45, 7) is 7.00. The minimum Gasteiger partial charge on any atom is -0.337 e. The molecule has 0 saturated carbocycles. The van der Waals surface area contributed by atoms with Crippen molar-refractivity contribution < 1.29 is 9.59 Å². The molecular weight excluding hydrogens is 414 g/mol. The van der Waals surface area contributed by atoms with Crippen LogP contribution in [-0.4, -0.2) is 49.3 Å². The Bertz CT molecular complexity index is 1380. The van der Waals surface area contributed by atoms with Gasteiger partial charge in [-0.1, -0.05) is 6.07 Å². The van der Waals surface area contributed by atoms with Gasteiger partial charge < -0.3 is 4.90 Å². The number of rotatable bonds is 5. The molecule has 4 aromatic heterocycles. The van der Waals surface area contributed by atoms with Crippen molar-refractivity contribution in [1.29, 1.82) is 0 Å². The number of aromatic nitrogens is 4. The molecule has 0 aliphatic carbocycles. The summed E-state index contributed by atoms with van der Waals surface area (Å²) in [6.07, 6.45) is 6.36. The van der Waals surface area contributed by atoms with Gasteiger partial charge in [0.1, 0.15) is 0 Å². The number of hydrogen-bond acceptors (Lipinski definition) is 5. The first-order valence-electron chi connectivity index (χ1n) is 11.1. The highest BCUT2D eigenvalue weighted by molar-refractivity contribution is 5.96. The molecule has 166 valence electrons. The zero-order valence-electron chi connectivity index (χ0n) is 18.9. The molecule has 0 atom stereocenters. The zero-order chi connectivity index (χ0) is 23.1. The maximum atomic E-state index is 12.9. The average Bonchev–Trinajstić information content (AvgIpc) is 3.19. The fourth-order valence-electron chi connectivity index (χ4n) is 4.42. The number of Topliss-reactive ketones (excluding diaryl/α,β-unsaturated/α-hetero) is 1. The Morgan fingerprint density at radius 1 is 1.06 bits per heavy atom. The fourth-order valence-corrected chi connectivity index (χ4v) is 4.42. The lowest BCUT2D eigenvalue weighted by molar-refractivity contribution is 0.0494. The van der Waals surface area contributed by atoms with E-state index < -0.39 is 0 Å². The van der Waals surface area contributed by atoms with Crippen LogP contribution < -0.4 is 0 Å². The SMILES string of the molecule is CC(=O)c1ccn2nc(C(=O)N3CC(Cc4cnc(-c5ccnc(C)c5)c(C)c4)C3)cc2c1. The van der Waals surface area contributed by atoms with Crippen LogP contribution in [0.25, 0.3) is 16.8 Å². The third-order valence-electron chi connectivity index (χ3n) is 6.16. The second-order valence-electron chi connectivity index (χ2n) is 8.85. The van der Waals surface area contributed by atoms with E-state index in [0.717, 1.165) is 34.5 Å². The van der Waals surface area contributed by atoms with E-state index in [1.165, 1.54) is 12.5 Å². The summed E-state index contributed by atoms with van der Waals surface area (Å²) in [5.41, 5.74) is 7.12. The van der Waals surface area contributed by atoms with Gasteiger partial charge in [0.15, 0.2) is 11.5 Å². The molecule has 5 heterocycles. The van der Waals surface area contributed by atoms with Gasteiger partial charge in [0.25, 0.3) is 5.91 Å². The first-order chi connectivity index (χ1) is 15.9. The third-order valence-corrected chi connectivity index (χ3v) is 6.16. The van der Waals surface area contributed by atoms with Crippen LogP contribution in [0.3, 0.4) is 0 Å². The number of amides is 1. The van der Waals surface area contributed by atoms with Crippen LogP contribution in [-0.2, 0) is 6.42 Å². The Hall–Kier alpha value is -3.87. The lowest BCUT2D eigenvalue weighted by Crippen LogP contribution is -2.50. The number of aryl methyl sites for hydroxylation is 2. The molecule has 1 fully saturated rings. The number of fused-ring (bicyclic) bond motifs is 1. The number of ketones is 1. The smallest absolute Gasteiger partial charge is 0.274 e. The van der Waals surface area contributed by atoms with Crippen LogP contribution in [0.15, 0.2) is 55.0 Å². The second-order valence-corrected chi connectivity index (χ2v) is 8.85. The summed E-state index contributed by atoms with van der Waals surface area (Å²) in [5.74, 6) is 0.327. The van der Waals surface area contributed by atoms with E-state index in [0.29, 0.717) is 30.3 Å². The van der Waals surface area contributed by atoms with Crippen molar-refractivity contribution in [2.75, 3.05) is 13.1 Å².